The number of carboxylic acid groups (broad SMARTS) is 1. The fourth-order valence-electron chi connectivity index (χ4n) is 1.55. The Hall–Kier alpha value is -0.700. The minimum atomic E-state index is -3.73. The maximum absolute atomic E-state index is 11.7. The molecule has 0 bridgehead atoms. The van der Waals surface area contributed by atoms with E-state index in [1.54, 1.807) is 20.8 Å². The van der Waals surface area contributed by atoms with E-state index in [-0.39, 0.29) is 13.2 Å². The number of hydrogen-bond donors (Lipinski definition) is 3. The molecule has 100 valence electrons. The Morgan fingerprint density at radius 2 is 1.94 bits per heavy atom. The lowest BCUT2D eigenvalue weighted by Gasteiger charge is -2.23. The van der Waals surface area contributed by atoms with Crippen molar-refractivity contribution in [3.05, 3.63) is 0 Å². The summed E-state index contributed by atoms with van der Waals surface area (Å²) in [5.41, 5.74) is -0.621. The number of nitrogens with one attached hydrogen (secondary N) is 2. The molecular formula is C9H18N2O5S. The topological polar surface area (TPSA) is 105 Å². The fourth-order valence-corrected chi connectivity index (χ4v) is 3.04. The number of hydrogen-bond acceptors (Lipinski definition) is 4. The Bertz CT molecular complexity index is 387. The van der Waals surface area contributed by atoms with E-state index in [9.17, 15) is 13.2 Å². The molecule has 1 rings (SSSR count). The minimum absolute atomic E-state index is 0.0258. The largest absolute Gasteiger partial charge is 0.481 e. The van der Waals surface area contributed by atoms with Crippen LogP contribution in [0.5, 0.6) is 0 Å². The monoisotopic (exact) mass is 266 g/mol. The Kier molecular flexibility index (Phi) is 4.13. The standard InChI is InChI=1S/C9H18N2O5S/c1-9(2,3)11-17(14,15)10-7-5-16-4-6(7)8(12)13/h6-7,10-11H,4-5H2,1-3H3,(H,12,13). The van der Waals surface area contributed by atoms with Crippen LogP contribution in [0.4, 0.5) is 0 Å². The van der Waals surface area contributed by atoms with E-state index in [2.05, 4.69) is 9.44 Å². The summed E-state index contributed by atoms with van der Waals surface area (Å²) in [6, 6.07) is -0.729. The van der Waals surface area contributed by atoms with Gasteiger partial charge in [-0.15, -0.1) is 0 Å². The molecule has 2 unspecified atom stereocenters. The van der Waals surface area contributed by atoms with Crippen molar-refractivity contribution in [2.75, 3.05) is 13.2 Å². The van der Waals surface area contributed by atoms with Gasteiger partial charge in [-0.05, 0) is 20.8 Å². The molecule has 0 radical (unpaired) electrons. The lowest BCUT2D eigenvalue weighted by atomic mass is 10.1. The maximum atomic E-state index is 11.7. The molecule has 1 aliphatic heterocycles. The summed E-state index contributed by atoms with van der Waals surface area (Å²) in [7, 11) is -3.73. The van der Waals surface area contributed by atoms with Crippen LogP contribution in [0, 0.1) is 5.92 Å². The van der Waals surface area contributed by atoms with Gasteiger partial charge in [-0.2, -0.15) is 17.9 Å². The molecular weight excluding hydrogens is 248 g/mol. The molecule has 0 aromatic carbocycles. The van der Waals surface area contributed by atoms with Gasteiger partial charge in [0.2, 0.25) is 0 Å². The molecule has 1 aliphatic rings. The van der Waals surface area contributed by atoms with Crippen LogP contribution in [-0.4, -0.2) is 44.3 Å². The Morgan fingerprint density at radius 3 is 2.41 bits per heavy atom. The Labute approximate surface area is 101 Å². The quantitative estimate of drug-likeness (QED) is 0.624. The molecule has 3 N–H and O–H groups in total. The highest BCUT2D eigenvalue weighted by molar-refractivity contribution is 7.87. The predicted octanol–water partition coefficient (Wildman–Crippen LogP) is -0.691. The normalized spacial score (nSPS) is 26.1. The number of rotatable bonds is 4. The zero-order valence-corrected chi connectivity index (χ0v) is 10.9. The molecule has 0 amide bonds. The first-order chi connectivity index (χ1) is 7.61. The minimum Gasteiger partial charge on any atom is -0.481 e. The van der Waals surface area contributed by atoms with Crippen LogP contribution in [0.3, 0.4) is 0 Å². The van der Waals surface area contributed by atoms with Crippen LogP contribution in [0.15, 0.2) is 0 Å². The van der Waals surface area contributed by atoms with Gasteiger partial charge in [0.1, 0.15) is 0 Å². The first-order valence-corrected chi connectivity index (χ1v) is 6.71. The fraction of sp³-hybridized carbons (Fsp3) is 0.889. The summed E-state index contributed by atoms with van der Waals surface area (Å²) in [6.45, 7) is 5.20. The average molecular weight is 266 g/mol. The third kappa shape index (κ3) is 4.58. The number of carbonyl (C=O) groups is 1. The van der Waals surface area contributed by atoms with Crippen LogP contribution >= 0.6 is 0 Å². The molecule has 17 heavy (non-hydrogen) atoms. The average Bonchev–Trinajstić information content (AvgIpc) is 2.45. The van der Waals surface area contributed by atoms with E-state index in [0.717, 1.165) is 0 Å². The summed E-state index contributed by atoms with van der Waals surface area (Å²) < 4.78 is 33.1. The highest BCUT2D eigenvalue weighted by Gasteiger charge is 2.37. The first-order valence-electron chi connectivity index (χ1n) is 5.22. The lowest BCUT2D eigenvalue weighted by molar-refractivity contribution is -0.142. The van der Waals surface area contributed by atoms with E-state index in [1.807, 2.05) is 0 Å². The molecule has 1 saturated heterocycles. The van der Waals surface area contributed by atoms with Crippen LogP contribution in [0.1, 0.15) is 20.8 Å². The molecule has 0 saturated carbocycles. The van der Waals surface area contributed by atoms with Crippen molar-refractivity contribution >= 4 is 16.2 Å². The second kappa shape index (κ2) is 4.89. The highest BCUT2D eigenvalue weighted by atomic mass is 32.2. The van der Waals surface area contributed by atoms with E-state index < -0.39 is 33.7 Å². The number of aliphatic carboxylic acids is 1. The molecule has 2 atom stereocenters. The lowest BCUT2D eigenvalue weighted by Crippen LogP contribution is -2.52. The van der Waals surface area contributed by atoms with Gasteiger partial charge in [0.05, 0.1) is 25.2 Å². The summed E-state index contributed by atoms with van der Waals surface area (Å²) >= 11 is 0. The van der Waals surface area contributed by atoms with Gasteiger partial charge in [0.25, 0.3) is 10.2 Å². The van der Waals surface area contributed by atoms with E-state index in [1.165, 1.54) is 0 Å². The zero-order chi connectivity index (χ0) is 13.3. The third-order valence-corrected chi connectivity index (χ3v) is 3.64. The highest BCUT2D eigenvalue weighted by Crippen LogP contribution is 2.15. The SMILES string of the molecule is CC(C)(C)NS(=O)(=O)NC1COCC1C(=O)O. The third-order valence-electron chi connectivity index (χ3n) is 2.14. The van der Waals surface area contributed by atoms with Gasteiger partial charge >= 0.3 is 5.97 Å². The van der Waals surface area contributed by atoms with Crippen LogP contribution < -0.4 is 9.44 Å². The van der Waals surface area contributed by atoms with Crippen molar-refractivity contribution < 1.29 is 23.1 Å². The van der Waals surface area contributed by atoms with Crippen molar-refractivity contribution in [2.45, 2.75) is 32.4 Å². The van der Waals surface area contributed by atoms with Crippen molar-refractivity contribution in [1.82, 2.24) is 9.44 Å². The van der Waals surface area contributed by atoms with Crippen LogP contribution in [0.2, 0.25) is 0 Å². The van der Waals surface area contributed by atoms with E-state index in [4.69, 9.17) is 9.84 Å². The van der Waals surface area contributed by atoms with Gasteiger partial charge in [-0.3, -0.25) is 4.79 Å². The maximum Gasteiger partial charge on any atom is 0.310 e. The molecule has 1 heterocycles. The Morgan fingerprint density at radius 1 is 1.35 bits per heavy atom. The second-order valence-electron chi connectivity index (χ2n) is 5.06. The predicted molar refractivity (Wildman–Crippen MR) is 60.7 cm³/mol. The first kappa shape index (κ1) is 14.4. The molecule has 0 aliphatic carbocycles. The van der Waals surface area contributed by atoms with Crippen molar-refractivity contribution in [3.63, 3.8) is 0 Å². The summed E-state index contributed by atoms with van der Waals surface area (Å²) in [6.07, 6.45) is 0. The van der Waals surface area contributed by atoms with Crippen LogP contribution in [-0.2, 0) is 19.7 Å². The van der Waals surface area contributed by atoms with Gasteiger partial charge in [0, 0.05) is 5.54 Å². The molecule has 8 heteroatoms. The van der Waals surface area contributed by atoms with Crippen LogP contribution in [0.25, 0.3) is 0 Å². The van der Waals surface area contributed by atoms with E-state index in [0.29, 0.717) is 0 Å². The number of ether oxygens (including phenoxy) is 1. The number of carboxylic acids is 1. The Balaban J connectivity index is 2.68. The van der Waals surface area contributed by atoms with Gasteiger partial charge in [-0.25, -0.2) is 0 Å². The van der Waals surface area contributed by atoms with Gasteiger partial charge in [0.15, 0.2) is 0 Å². The van der Waals surface area contributed by atoms with Crippen molar-refractivity contribution in [2.24, 2.45) is 5.92 Å². The summed E-state index contributed by atoms with van der Waals surface area (Å²) in [4.78, 5) is 10.8. The molecule has 0 aromatic rings. The molecule has 0 spiro atoms. The molecule has 1 fully saturated rings. The van der Waals surface area contributed by atoms with Gasteiger partial charge < -0.3 is 9.84 Å². The van der Waals surface area contributed by atoms with E-state index >= 15 is 0 Å². The van der Waals surface area contributed by atoms with Crippen molar-refractivity contribution in [1.29, 1.82) is 0 Å². The molecule has 7 nitrogen and oxygen atoms in total. The summed E-state index contributed by atoms with van der Waals surface area (Å²) in [5.74, 6) is -1.91. The molecule has 0 aromatic heterocycles. The summed E-state index contributed by atoms with van der Waals surface area (Å²) in [5, 5.41) is 8.88. The smallest absolute Gasteiger partial charge is 0.310 e. The van der Waals surface area contributed by atoms with Crippen molar-refractivity contribution in [3.8, 4) is 0 Å². The zero-order valence-electron chi connectivity index (χ0n) is 10.1. The second-order valence-corrected chi connectivity index (χ2v) is 6.51. The van der Waals surface area contributed by atoms with Gasteiger partial charge in [-0.1, -0.05) is 0 Å².